The Balaban J connectivity index is 1.72. The number of benzene rings is 1. The SMILES string of the molecule is CN(CC1CCCC1O)C(=O)c1ccc(-c2ccccc2F)o1. The van der Waals surface area contributed by atoms with Gasteiger partial charge in [0.15, 0.2) is 5.76 Å². The number of carbonyl (C=O) groups is 1. The van der Waals surface area contributed by atoms with Crippen molar-refractivity contribution in [3.8, 4) is 11.3 Å². The van der Waals surface area contributed by atoms with E-state index in [2.05, 4.69) is 0 Å². The van der Waals surface area contributed by atoms with E-state index < -0.39 is 0 Å². The minimum absolute atomic E-state index is 0.116. The van der Waals surface area contributed by atoms with E-state index in [-0.39, 0.29) is 29.5 Å². The first-order valence-corrected chi connectivity index (χ1v) is 7.84. The molecule has 1 saturated carbocycles. The van der Waals surface area contributed by atoms with Gasteiger partial charge in [-0.2, -0.15) is 0 Å². The minimum atomic E-state index is -0.386. The van der Waals surface area contributed by atoms with Crippen molar-refractivity contribution < 1.29 is 18.7 Å². The molecule has 1 aromatic carbocycles. The second kappa shape index (κ2) is 6.54. The highest BCUT2D eigenvalue weighted by Crippen LogP contribution is 2.28. The van der Waals surface area contributed by atoms with Crippen LogP contribution in [0.5, 0.6) is 0 Å². The van der Waals surface area contributed by atoms with Gasteiger partial charge in [-0.25, -0.2) is 4.39 Å². The number of furan rings is 1. The Hall–Kier alpha value is -2.14. The summed E-state index contributed by atoms with van der Waals surface area (Å²) >= 11 is 0. The van der Waals surface area contributed by atoms with Gasteiger partial charge >= 0.3 is 0 Å². The normalized spacial score (nSPS) is 20.7. The molecule has 2 atom stereocenters. The quantitative estimate of drug-likeness (QED) is 0.941. The molecule has 1 aromatic heterocycles. The number of carbonyl (C=O) groups excluding carboxylic acids is 1. The van der Waals surface area contributed by atoms with Gasteiger partial charge < -0.3 is 14.4 Å². The largest absolute Gasteiger partial charge is 0.451 e. The molecule has 1 N–H and O–H groups in total. The van der Waals surface area contributed by atoms with Crippen molar-refractivity contribution in [1.82, 2.24) is 4.90 Å². The third kappa shape index (κ3) is 3.29. The van der Waals surface area contributed by atoms with E-state index in [4.69, 9.17) is 4.42 Å². The summed E-state index contributed by atoms with van der Waals surface area (Å²) in [6, 6.07) is 9.45. The molecule has 23 heavy (non-hydrogen) atoms. The second-order valence-corrected chi connectivity index (χ2v) is 6.09. The lowest BCUT2D eigenvalue weighted by Gasteiger charge is -2.22. The monoisotopic (exact) mass is 317 g/mol. The summed E-state index contributed by atoms with van der Waals surface area (Å²) in [4.78, 5) is 14.0. The Morgan fingerprint density at radius 1 is 1.30 bits per heavy atom. The number of hydrogen-bond donors (Lipinski definition) is 1. The van der Waals surface area contributed by atoms with Crippen molar-refractivity contribution in [1.29, 1.82) is 0 Å². The van der Waals surface area contributed by atoms with Gasteiger partial charge in [-0.05, 0) is 37.1 Å². The summed E-state index contributed by atoms with van der Waals surface area (Å²) in [5.41, 5.74) is 0.334. The molecule has 1 fully saturated rings. The van der Waals surface area contributed by atoms with E-state index in [0.717, 1.165) is 19.3 Å². The number of halogens is 1. The fourth-order valence-electron chi connectivity index (χ4n) is 3.11. The molecule has 2 unspecified atom stereocenters. The summed E-state index contributed by atoms with van der Waals surface area (Å²) in [5.74, 6) is -0.0149. The van der Waals surface area contributed by atoms with Gasteiger partial charge in [0.05, 0.1) is 11.7 Å². The van der Waals surface area contributed by atoms with Crippen LogP contribution in [-0.2, 0) is 0 Å². The highest BCUT2D eigenvalue weighted by molar-refractivity contribution is 5.92. The molecule has 3 rings (SSSR count). The van der Waals surface area contributed by atoms with Gasteiger partial charge in [0.2, 0.25) is 0 Å². The third-order valence-corrected chi connectivity index (χ3v) is 4.43. The molecule has 0 saturated heterocycles. The first-order valence-electron chi connectivity index (χ1n) is 7.84. The first-order chi connectivity index (χ1) is 11.1. The molecule has 1 heterocycles. The van der Waals surface area contributed by atoms with Crippen LogP contribution in [0.3, 0.4) is 0 Å². The average Bonchev–Trinajstić information content (AvgIpc) is 3.17. The van der Waals surface area contributed by atoms with Crippen molar-refractivity contribution in [2.45, 2.75) is 25.4 Å². The number of aliphatic hydroxyl groups excluding tert-OH is 1. The zero-order valence-corrected chi connectivity index (χ0v) is 13.0. The smallest absolute Gasteiger partial charge is 0.289 e. The third-order valence-electron chi connectivity index (χ3n) is 4.43. The number of nitrogens with zero attached hydrogens (tertiary/aromatic N) is 1. The van der Waals surface area contributed by atoms with E-state index in [1.54, 1.807) is 42.3 Å². The van der Waals surface area contributed by atoms with Crippen LogP contribution < -0.4 is 0 Å². The maximum Gasteiger partial charge on any atom is 0.289 e. The predicted octanol–water partition coefficient (Wildman–Crippen LogP) is 3.32. The molecular weight excluding hydrogens is 297 g/mol. The van der Waals surface area contributed by atoms with Crippen molar-refractivity contribution in [3.63, 3.8) is 0 Å². The fourth-order valence-corrected chi connectivity index (χ4v) is 3.11. The highest BCUT2D eigenvalue weighted by Gasteiger charge is 2.28. The van der Waals surface area contributed by atoms with Gasteiger partial charge in [0.1, 0.15) is 11.6 Å². The topological polar surface area (TPSA) is 53.7 Å². The Kier molecular flexibility index (Phi) is 4.48. The van der Waals surface area contributed by atoms with E-state index in [0.29, 0.717) is 17.9 Å². The molecule has 1 amide bonds. The minimum Gasteiger partial charge on any atom is -0.451 e. The zero-order chi connectivity index (χ0) is 16.4. The molecule has 0 bridgehead atoms. The molecule has 0 spiro atoms. The van der Waals surface area contributed by atoms with Crippen LogP contribution >= 0.6 is 0 Å². The molecule has 122 valence electrons. The standard InChI is InChI=1S/C18H20FNO3/c1-20(11-12-5-4-8-15(12)21)18(22)17-10-9-16(23-17)13-6-2-3-7-14(13)19/h2-3,6-7,9-10,12,15,21H,4-5,8,11H2,1H3. The van der Waals surface area contributed by atoms with Crippen molar-refractivity contribution in [2.75, 3.05) is 13.6 Å². The van der Waals surface area contributed by atoms with Crippen LogP contribution in [0.4, 0.5) is 4.39 Å². The van der Waals surface area contributed by atoms with Gasteiger partial charge in [0, 0.05) is 19.5 Å². The second-order valence-electron chi connectivity index (χ2n) is 6.09. The van der Waals surface area contributed by atoms with Gasteiger partial charge in [-0.1, -0.05) is 18.6 Å². The van der Waals surface area contributed by atoms with Gasteiger partial charge in [-0.15, -0.1) is 0 Å². The van der Waals surface area contributed by atoms with E-state index in [9.17, 15) is 14.3 Å². The summed E-state index contributed by atoms with van der Waals surface area (Å²) in [6.07, 6.45) is 2.38. The molecule has 0 radical (unpaired) electrons. The maximum atomic E-state index is 13.8. The Morgan fingerprint density at radius 2 is 2.09 bits per heavy atom. The number of amides is 1. The summed E-state index contributed by atoms with van der Waals surface area (Å²) in [5, 5.41) is 9.87. The molecule has 1 aliphatic carbocycles. The lowest BCUT2D eigenvalue weighted by molar-refractivity contribution is 0.0666. The van der Waals surface area contributed by atoms with Crippen LogP contribution in [0.1, 0.15) is 29.8 Å². The van der Waals surface area contributed by atoms with Crippen molar-refractivity contribution >= 4 is 5.91 Å². The van der Waals surface area contributed by atoms with Crippen LogP contribution in [0.15, 0.2) is 40.8 Å². The van der Waals surface area contributed by atoms with Gasteiger partial charge in [0.25, 0.3) is 5.91 Å². The number of rotatable bonds is 4. The zero-order valence-electron chi connectivity index (χ0n) is 13.0. The molecular formula is C18H20FNO3. The lowest BCUT2D eigenvalue weighted by atomic mass is 10.1. The van der Waals surface area contributed by atoms with E-state index in [1.165, 1.54) is 6.07 Å². The van der Waals surface area contributed by atoms with Crippen LogP contribution in [0.25, 0.3) is 11.3 Å². The predicted molar refractivity (Wildman–Crippen MR) is 84.4 cm³/mol. The first kappa shape index (κ1) is 15.7. The Labute approximate surface area is 134 Å². The number of aliphatic hydroxyl groups is 1. The maximum absolute atomic E-state index is 13.8. The molecule has 1 aliphatic rings. The number of hydrogen-bond acceptors (Lipinski definition) is 3. The average molecular weight is 317 g/mol. The Morgan fingerprint density at radius 3 is 2.78 bits per heavy atom. The fraction of sp³-hybridized carbons (Fsp3) is 0.389. The molecule has 4 nitrogen and oxygen atoms in total. The van der Waals surface area contributed by atoms with Crippen LogP contribution in [0, 0.1) is 11.7 Å². The van der Waals surface area contributed by atoms with Crippen LogP contribution in [-0.4, -0.2) is 35.6 Å². The lowest BCUT2D eigenvalue weighted by Crippen LogP contribution is -2.34. The highest BCUT2D eigenvalue weighted by atomic mass is 19.1. The molecule has 2 aromatic rings. The summed E-state index contributed by atoms with van der Waals surface area (Å²) in [7, 11) is 1.69. The van der Waals surface area contributed by atoms with E-state index in [1.807, 2.05) is 0 Å². The summed E-state index contributed by atoms with van der Waals surface area (Å²) in [6.45, 7) is 0.496. The van der Waals surface area contributed by atoms with E-state index >= 15 is 0 Å². The van der Waals surface area contributed by atoms with Crippen LogP contribution in [0.2, 0.25) is 0 Å². The van der Waals surface area contributed by atoms with Crippen molar-refractivity contribution in [3.05, 3.63) is 48.0 Å². The molecule has 0 aliphatic heterocycles. The molecule has 5 heteroatoms. The Bertz CT molecular complexity index is 697. The van der Waals surface area contributed by atoms with Crippen molar-refractivity contribution in [2.24, 2.45) is 5.92 Å². The summed E-state index contributed by atoms with van der Waals surface area (Å²) < 4.78 is 19.3. The van der Waals surface area contributed by atoms with Gasteiger partial charge in [-0.3, -0.25) is 4.79 Å².